The molecule has 0 amide bonds. The van der Waals surface area contributed by atoms with Crippen molar-refractivity contribution in [3.63, 3.8) is 0 Å². The van der Waals surface area contributed by atoms with Gasteiger partial charge in [-0.2, -0.15) is 0 Å². The predicted molar refractivity (Wildman–Crippen MR) is 86.7 cm³/mol. The Bertz CT molecular complexity index is 552. The number of benzene rings is 1. The summed E-state index contributed by atoms with van der Waals surface area (Å²) in [5.74, 6) is 1.91. The van der Waals surface area contributed by atoms with Crippen LogP contribution in [-0.2, 0) is 6.42 Å². The second-order valence-corrected chi connectivity index (χ2v) is 6.13. The van der Waals surface area contributed by atoms with E-state index in [0.717, 1.165) is 35.8 Å². The minimum absolute atomic E-state index is 0.143. The van der Waals surface area contributed by atoms with E-state index in [1.807, 2.05) is 25.3 Å². The molecule has 21 heavy (non-hydrogen) atoms. The maximum Gasteiger partial charge on any atom is 0.119 e. The van der Waals surface area contributed by atoms with Gasteiger partial charge in [-0.15, -0.1) is 0 Å². The lowest BCUT2D eigenvalue weighted by molar-refractivity contribution is 0.340. The van der Waals surface area contributed by atoms with Gasteiger partial charge < -0.3 is 15.0 Å². The van der Waals surface area contributed by atoms with E-state index in [1.54, 1.807) is 0 Å². The molecule has 2 N–H and O–H groups in total. The second-order valence-electron chi connectivity index (χ2n) is 6.13. The van der Waals surface area contributed by atoms with Crippen molar-refractivity contribution in [2.45, 2.75) is 39.7 Å². The van der Waals surface area contributed by atoms with Gasteiger partial charge in [0.25, 0.3) is 0 Å². The van der Waals surface area contributed by atoms with Crippen molar-refractivity contribution in [3.05, 3.63) is 36.3 Å². The van der Waals surface area contributed by atoms with Crippen molar-refractivity contribution < 1.29 is 4.74 Å². The fraction of sp³-hybridized carbons (Fsp3) is 0.471. The van der Waals surface area contributed by atoms with E-state index < -0.39 is 0 Å². The molecule has 0 aliphatic heterocycles. The lowest BCUT2D eigenvalue weighted by Crippen LogP contribution is -2.37. The number of hydrogen-bond donors (Lipinski definition) is 2. The first-order valence-electron chi connectivity index (χ1n) is 7.50. The van der Waals surface area contributed by atoms with Gasteiger partial charge in [-0.25, -0.2) is 4.98 Å². The molecular formula is C17H25N3O. The summed E-state index contributed by atoms with van der Waals surface area (Å²) in [6, 6.07) is 8.08. The fourth-order valence-electron chi connectivity index (χ4n) is 2.09. The van der Waals surface area contributed by atoms with Crippen molar-refractivity contribution in [1.82, 2.24) is 15.3 Å². The molecule has 0 radical (unpaired) electrons. The Morgan fingerprint density at radius 3 is 2.52 bits per heavy atom. The largest absolute Gasteiger partial charge is 0.494 e. The molecule has 0 unspecified atom stereocenters. The summed E-state index contributed by atoms with van der Waals surface area (Å²) in [4.78, 5) is 7.82. The molecule has 1 heterocycles. The maximum absolute atomic E-state index is 5.45. The Balaban J connectivity index is 1.96. The second kappa shape index (κ2) is 6.76. The Hall–Kier alpha value is -1.81. The predicted octanol–water partition coefficient (Wildman–Crippen LogP) is 3.41. The van der Waals surface area contributed by atoms with Crippen LogP contribution in [-0.4, -0.2) is 28.7 Å². The molecule has 0 saturated carbocycles. The zero-order chi connectivity index (χ0) is 15.3. The monoisotopic (exact) mass is 287 g/mol. The Kier molecular flexibility index (Phi) is 5.02. The molecule has 0 saturated heterocycles. The van der Waals surface area contributed by atoms with Gasteiger partial charge in [0.1, 0.15) is 11.6 Å². The number of ether oxygens (including phenoxy) is 1. The minimum atomic E-state index is 0.143. The first-order valence-corrected chi connectivity index (χ1v) is 7.50. The SMILES string of the molecule is CCOc1ccc(-c2cnc(CCNC(C)(C)C)[nH]2)cc1. The number of nitrogens with zero attached hydrogens (tertiary/aromatic N) is 1. The number of imidazole rings is 1. The van der Waals surface area contributed by atoms with Crippen LogP contribution in [0.15, 0.2) is 30.5 Å². The van der Waals surface area contributed by atoms with Gasteiger partial charge in [0.2, 0.25) is 0 Å². The summed E-state index contributed by atoms with van der Waals surface area (Å²) >= 11 is 0. The molecule has 0 fully saturated rings. The summed E-state index contributed by atoms with van der Waals surface area (Å²) in [6.45, 7) is 10.1. The Labute approximate surface area is 127 Å². The normalized spacial score (nSPS) is 11.6. The average molecular weight is 287 g/mol. The standard InChI is InChI=1S/C17H25N3O/c1-5-21-14-8-6-13(7-9-14)15-12-18-16(20-15)10-11-19-17(2,3)4/h6-9,12,19H,5,10-11H2,1-4H3,(H,18,20). The summed E-state index contributed by atoms with van der Waals surface area (Å²) in [7, 11) is 0. The van der Waals surface area contributed by atoms with Crippen LogP contribution in [0.4, 0.5) is 0 Å². The summed E-state index contributed by atoms with van der Waals surface area (Å²) < 4.78 is 5.45. The molecular weight excluding hydrogens is 262 g/mol. The molecule has 4 nitrogen and oxygen atoms in total. The number of rotatable bonds is 6. The molecule has 0 aliphatic rings. The Morgan fingerprint density at radius 1 is 1.19 bits per heavy atom. The molecule has 2 aromatic rings. The van der Waals surface area contributed by atoms with Crippen LogP contribution in [0.5, 0.6) is 5.75 Å². The van der Waals surface area contributed by atoms with E-state index in [9.17, 15) is 0 Å². The van der Waals surface area contributed by atoms with Crippen molar-refractivity contribution in [1.29, 1.82) is 0 Å². The van der Waals surface area contributed by atoms with Gasteiger partial charge >= 0.3 is 0 Å². The maximum atomic E-state index is 5.45. The minimum Gasteiger partial charge on any atom is -0.494 e. The van der Waals surface area contributed by atoms with Crippen molar-refractivity contribution in [2.75, 3.05) is 13.2 Å². The molecule has 0 spiro atoms. The molecule has 0 aliphatic carbocycles. The number of aromatic nitrogens is 2. The molecule has 0 atom stereocenters. The lowest BCUT2D eigenvalue weighted by Gasteiger charge is -2.19. The van der Waals surface area contributed by atoms with Gasteiger partial charge in [0.15, 0.2) is 0 Å². The first kappa shape index (κ1) is 15.6. The van der Waals surface area contributed by atoms with Crippen LogP contribution in [0.25, 0.3) is 11.3 Å². The molecule has 114 valence electrons. The third-order valence-electron chi connectivity index (χ3n) is 3.12. The van der Waals surface area contributed by atoms with E-state index in [1.165, 1.54) is 0 Å². The molecule has 0 bridgehead atoms. The van der Waals surface area contributed by atoms with Crippen LogP contribution in [0.3, 0.4) is 0 Å². The number of H-pyrrole nitrogens is 1. The van der Waals surface area contributed by atoms with Crippen molar-refractivity contribution in [3.8, 4) is 17.0 Å². The quantitative estimate of drug-likeness (QED) is 0.856. The highest BCUT2D eigenvalue weighted by molar-refractivity contribution is 5.59. The van der Waals surface area contributed by atoms with Gasteiger partial charge in [0, 0.05) is 18.5 Å². The lowest BCUT2D eigenvalue weighted by atomic mass is 10.1. The van der Waals surface area contributed by atoms with Gasteiger partial charge in [-0.1, -0.05) is 0 Å². The zero-order valence-corrected chi connectivity index (χ0v) is 13.4. The number of aromatic amines is 1. The third-order valence-corrected chi connectivity index (χ3v) is 3.12. The van der Waals surface area contributed by atoms with Crippen LogP contribution >= 0.6 is 0 Å². The topological polar surface area (TPSA) is 49.9 Å². The van der Waals surface area contributed by atoms with E-state index in [0.29, 0.717) is 6.61 Å². The summed E-state index contributed by atoms with van der Waals surface area (Å²) in [5, 5.41) is 3.46. The highest BCUT2D eigenvalue weighted by atomic mass is 16.5. The van der Waals surface area contributed by atoms with Crippen LogP contribution < -0.4 is 10.1 Å². The van der Waals surface area contributed by atoms with Gasteiger partial charge in [-0.3, -0.25) is 0 Å². The highest BCUT2D eigenvalue weighted by Crippen LogP contribution is 2.20. The van der Waals surface area contributed by atoms with Crippen LogP contribution in [0.1, 0.15) is 33.5 Å². The molecule has 2 rings (SSSR count). The van der Waals surface area contributed by atoms with E-state index >= 15 is 0 Å². The summed E-state index contributed by atoms with van der Waals surface area (Å²) in [5.41, 5.74) is 2.31. The fourth-order valence-corrected chi connectivity index (χ4v) is 2.09. The average Bonchev–Trinajstić information content (AvgIpc) is 2.87. The number of nitrogens with one attached hydrogen (secondary N) is 2. The van der Waals surface area contributed by atoms with E-state index in [2.05, 4.69) is 48.2 Å². The molecule has 1 aromatic heterocycles. The molecule has 4 heteroatoms. The van der Waals surface area contributed by atoms with Gasteiger partial charge in [0.05, 0.1) is 18.5 Å². The highest BCUT2D eigenvalue weighted by Gasteiger charge is 2.09. The van der Waals surface area contributed by atoms with Crippen molar-refractivity contribution in [2.24, 2.45) is 0 Å². The number of hydrogen-bond acceptors (Lipinski definition) is 3. The van der Waals surface area contributed by atoms with Crippen LogP contribution in [0, 0.1) is 0 Å². The Morgan fingerprint density at radius 2 is 1.90 bits per heavy atom. The molecule has 1 aromatic carbocycles. The van der Waals surface area contributed by atoms with E-state index in [-0.39, 0.29) is 5.54 Å². The summed E-state index contributed by atoms with van der Waals surface area (Å²) in [6.07, 6.45) is 2.79. The van der Waals surface area contributed by atoms with Crippen LogP contribution in [0.2, 0.25) is 0 Å². The van der Waals surface area contributed by atoms with Crippen molar-refractivity contribution >= 4 is 0 Å². The third kappa shape index (κ3) is 4.90. The smallest absolute Gasteiger partial charge is 0.119 e. The van der Waals surface area contributed by atoms with E-state index in [4.69, 9.17) is 4.74 Å². The van der Waals surface area contributed by atoms with Gasteiger partial charge in [-0.05, 0) is 57.5 Å². The zero-order valence-electron chi connectivity index (χ0n) is 13.4. The first-order chi connectivity index (χ1) is 9.98.